The molecule has 1 aromatic carbocycles. The van der Waals surface area contributed by atoms with Crippen LogP contribution in [0.15, 0.2) is 47.7 Å². The van der Waals surface area contributed by atoms with Crippen molar-refractivity contribution < 1.29 is 17.9 Å². The first-order chi connectivity index (χ1) is 13.0. The summed E-state index contributed by atoms with van der Waals surface area (Å²) >= 11 is 0. The maximum atomic E-state index is 12.1. The molecule has 2 N–H and O–H groups in total. The first kappa shape index (κ1) is 20.8. The van der Waals surface area contributed by atoms with Crippen molar-refractivity contribution in [1.29, 1.82) is 0 Å². The smallest absolute Gasteiger partial charge is 0.367 e. The van der Waals surface area contributed by atoms with E-state index in [4.69, 9.17) is 0 Å². The van der Waals surface area contributed by atoms with Crippen LogP contribution in [0.1, 0.15) is 17.5 Å². The molecular weight excluding hydrogens is 359 g/mol. The van der Waals surface area contributed by atoms with Crippen molar-refractivity contribution in [1.82, 2.24) is 20.4 Å². The first-order valence-corrected chi connectivity index (χ1v) is 8.60. The molecule has 0 aliphatic rings. The molecule has 0 fully saturated rings. The number of nitrogens with one attached hydrogen (secondary N) is 2. The molecule has 6 nitrogen and oxygen atoms in total. The van der Waals surface area contributed by atoms with Crippen LogP contribution in [-0.2, 0) is 24.4 Å². The number of aryl methyl sites for hydroxylation is 1. The second-order valence-corrected chi connectivity index (χ2v) is 5.90. The molecule has 27 heavy (non-hydrogen) atoms. The van der Waals surface area contributed by atoms with Gasteiger partial charge in [0.1, 0.15) is 6.61 Å². The van der Waals surface area contributed by atoms with E-state index in [0.29, 0.717) is 18.1 Å². The molecule has 0 spiro atoms. The van der Waals surface area contributed by atoms with Gasteiger partial charge in [0, 0.05) is 39.1 Å². The second-order valence-electron chi connectivity index (χ2n) is 5.90. The van der Waals surface area contributed by atoms with Crippen LogP contribution in [0.2, 0.25) is 0 Å². The summed E-state index contributed by atoms with van der Waals surface area (Å²) in [5.74, 6) is 0.688. The number of halogens is 3. The number of alkyl halides is 3. The van der Waals surface area contributed by atoms with Gasteiger partial charge in [0.2, 0.25) is 0 Å². The highest BCUT2D eigenvalue weighted by molar-refractivity contribution is 5.79. The third-order valence-electron chi connectivity index (χ3n) is 3.66. The molecule has 0 aliphatic heterocycles. The van der Waals surface area contributed by atoms with Gasteiger partial charge in [0.25, 0.3) is 0 Å². The summed E-state index contributed by atoms with van der Waals surface area (Å²) in [6.45, 7) is 0.845. The molecule has 2 aromatic rings. The molecule has 2 rings (SSSR count). The quantitative estimate of drug-likeness (QED) is 0.397. The minimum absolute atomic E-state index is 0.0628. The number of guanidine groups is 1. The van der Waals surface area contributed by atoms with Crippen LogP contribution in [0.4, 0.5) is 13.2 Å². The van der Waals surface area contributed by atoms with Gasteiger partial charge in [0.15, 0.2) is 5.96 Å². The molecule has 0 atom stereocenters. The molecule has 0 aliphatic carbocycles. The lowest BCUT2D eigenvalue weighted by Crippen LogP contribution is -2.37. The predicted molar refractivity (Wildman–Crippen MR) is 97.2 cm³/mol. The van der Waals surface area contributed by atoms with Crippen molar-refractivity contribution in [3.05, 3.63) is 53.9 Å². The zero-order chi connectivity index (χ0) is 19.5. The van der Waals surface area contributed by atoms with E-state index in [-0.39, 0.29) is 6.61 Å². The topological polar surface area (TPSA) is 63.5 Å². The van der Waals surface area contributed by atoms with Gasteiger partial charge in [-0.1, -0.05) is 24.3 Å². The van der Waals surface area contributed by atoms with Crippen LogP contribution >= 0.6 is 0 Å². The molecule has 0 radical (unpaired) electrons. The van der Waals surface area contributed by atoms with Gasteiger partial charge in [-0.15, -0.1) is 0 Å². The van der Waals surface area contributed by atoms with Crippen LogP contribution in [0.3, 0.4) is 0 Å². The summed E-state index contributed by atoms with van der Waals surface area (Å²) in [5, 5.41) is 10.6. The highest BCUT2D eigenvalue weighted by Crippen LogP contribution is 2.15. The summed E-state index contributed by atoms with van der Waals surface area (Å²) in [5.41, 5.74) is 1.69. The summed E-state index contributed by atoms with van der Waals surface area (Å²) in [6, 6.07) is 9.11. The molecule has 0 unspecified atom stereocenters. The minimum Gasteiger partial charge on any atom is -0.367 e. The number of rotatable bonds is 9. The van der Waals surface area contributed by atoms with E-state index in [1.54, 1.807) is 25.4 Å². The lowest BCUT2D eigenvalue weighted by atomic mass is 10.1. The molecule has 1 heterocycles. The van der Waals surface area contributed by atoms with Gasteiger partial charge in [-0.3, -0.25) is 9.67 Å². The van der Waals surface area contributed by atoms with Gasteiger partial charge in [-0.25, -0.2) is 0 Å². The van der Waals surface area contributed by atoms with Crippen molar-refractivity contribution in [2.45, 2.75) is 32.3 Å². The molecule has 0 amide bonds. The van der Waals surface area contributed by atoms with E-state index in [1.165, 1.54) is 0 Å². The van der Waals surface area contributed by atoms with Crippen molar-refractivity contribution in [2.75, 3.05) is 20.2 Å². The lowest BCUT2D eigenvalue weighted by molar-refractivity contribution is -0.176. The van der Waals surface area contributed by atoms with Gasteiger partial charge in [0.05, 0.1) is 6.61 Å². The van der Waals surface area contributed by atoms with Crippen LogP contribution in [0.25, 0.3) is 0 Å². The van der Waals surface area contributed by atoms with Crippen LogP contribution in [0, 0.1) is 0 Å². The third kappa shape index (κ3) is 8.59. The third-order valence-corrected chi connectivity index (χ3v) is 3.66. The number of nitrogens with zero attached hydrogens (tertiary/aromatic N) is 3. The SMILES string of the molecule is CN=C(NCCCn1cccn1)NCc1ccc(COCC(F)(F)F)cc1. The molecular formula is C18H24F3N5O. The Labute approximate surface area is 156 Å². The Morgan fingerprint density at radius 1 is 1.19 bits per heavy atom. The largest absolute Gasteiger partial charge is 0.411 e. The van der Waals surface area contributed by atoms with Gasteiger partial charge < -0.3 is 15.4 Å². The maximum Gasteiger partial charge on any atom is 0.411 e. The monoisotopic (exact) mass is 383 g/mol. The van der Waals surface area contributed by atoms with Gasteiger partial charge in [-0.2, -0.15) is 18.3 Å². The average molecular weight is 383 g/mol. The molecule has 9 heteroatoms. The Bertz CT molecular complexity index is 684. The average Bonchev–Trinajstić information content (AvgIpc) is 3.15. The molecule has 0 saturated heterocycles. The number of aromatic nitrogens is 2. The number of hydrogen-bond donors (Lipinski definition) is 2. The Kier molecular flexibility index (Phi) is 8.12. The van der Waals surface area contributed by atoms with E-state index in [1.807, 2.05) is 29.1 Å². The molecule has 1 aromatic heterocycles. The highest BCUT2D eigenvalue weighted by Gasteiger charge is 2.27. The van der Waals surface area contributed by atoms with Crippen molar-refractivity contribution in [2.24, 2.45) is 4.99 Å². The summed E-state index contributed by atoms with van der Waals surface area (Å²) in [6.07, 6.45) is 0.284. The number of ether oxygens (including phenoxy) is 1. The number of benzene rings is 1. The fraction of sp³-hybridized carbons (Fsp3) is 0.444. The van der Waals surface area contributed by atoms with E-state index in [0.717, 1.165) is 25.1 Å². The summed E-state index contributed by atoms with van der Waals surface area (Å²) in [7, 11) is 1.70. The predicted octanol–water partition coefficient (Wildman–Crippen LogP) is 2.72. The van der Waals surface area contributed by atoms with Crippen molar-refractivity contribution in [3.63, 3.8) is 0 Å². The summed E-state index contributed by atoms with van der Waals surface area (Å²) in [4.78, 5) is 4.16. The standard InChI is InChI=1S/C18H24F3N5O/c1-22-17(23-8-2-10-26-11-3-9-25-26)24-12-15-4-6-16(7-5-15)13-27-14-18(19,20)21/h3-7,9,11H,2,8,10,12-14H2,1H3,(H2,22,23,24). The first-order valence-electron chi connectivity index (χ1n) is 8.60. The van der Waals surface area contributed by atoms with Gasteiger partial charge >= 0.3 is 6.18 Å². The van der Waals surface area contributed by atoms with Crippen molar-refractivity contribution >= 4 is 5.96 Å². The zero-order valence-electron chi connectivity index (χ0n) is 15.2. The van der Waals surface area contributed by atoms with Crippen LogP contribution in [-0.4, -0.2) is 42.1 Å². The van der Waals surface area contributed by atoms with E-state index in [2.05, 4.69) is 25.5 Å². The van der Waals surface area contributed by atoms with E-state index in [9.17, 15) is 13.2 Å². The Morgan fingerprint density at radius 3 is 2.56 bits per heavy atom. The number of hydrogen-bond acceptors (Lipinski definition) is 3. The maximum absolute atomic E-state index is 12.1. The molecule has 0 bridgehead atoms. The van der Waals surface area contributed by atoms with Gasteiger partial charge in [-0.05, 0) is 23.6 Å². The van der Waals surface area contributed by atoms with Crippen LogP contribution < -0.4 is 10.6 Å². The Balaban J connectivity index is 1.66. The highest BCUT2D eigenvalue weighted by atomic mass is 19.4. The summed E-state index contributed by atoms with van der Waals surface area (Å²) < 4.78 is 42.7. The molecule has 0 saturated carbocycles. The van der Waals surface area contributed by atoms with E-state index >= 15 is 0 Å². The zero-order valence-corrected chi connectivity index (χ0v) is 15.2. The fourth-order valence-electron chi connectivity index (χ4n) is 2.32. The normalized spacial score (nSPS) is 12.2. The fourth-order valence-corrected chi connectivity index (χ4v) is 2.32. The second kappa shape index (κ2) is 10.6. The Morgan fingerprint density at radius 2 is 1.93 bits per heavy atom. The molecule has 148 valence electrons. The number of aliphatic imine (C=N–C) groups is 1. The van der Waals surface area contributed by atoms with Crippen LogP contribution in [0.5, 0.6) is 0 Å². The van der Waals surface area contributed by atoms with E-state index < -0.39 is 12.8 Å². The minimum atomic E-state index is -4.30. The Hall–Kier alpha value is -2.55. The lowest BCUT2D eigenvalue weighted by Gasteiger charge is -2.12. The van der Waals surface area contributed by atoms with Crippen molar-refractivity contribution in [3.8, 4) is 0 Å².